The molecule has 16 heavy (non-hydrogen) atoms. The Balaban J connectivity index is 2.69. The van der Waals surface area contributed by atoms with Gasteiger partial charge in [0.25, 0.3) is 5.79 Å². The van der Waals surface area contributed by atoms with Crippen molar-refractivity contribution in [3.63, 3.8) is 0 Å². The fourth-order valence-corrected chi connectivity index (χ4v) is 1.19. The quantitative estimate of drug-likeness (QED) is 0.383. The summed E-state index contributed by atoms with van der Waals surface area (Å²) in [6.45, 7) is 1.13. The van der Waals surface area contributed by atoms with E-state index in [2.05, 4.69) is 5.92 Å². The number of hydrogen-bond donors (Lipinski definition) is 0. The van der Waals surface area contributed by atoms with Crippen LogP contribution >= 0.6 is 0 Å². The standard InChI is InChI=1S/C11H12O5/c1-3-6-14-8-11(16-9(2)12)5-4-10(13)7-15-11/h1,4-5H,6-8H2,2H3. The Kier molecular flexibility index (Phi) is 4.23. The topological polar surface area (TPSA) is 61.8 Å². The first kappa shape index (κ1) is 12.4. The molecule has 1 aliphatic heterocycles. The molecule has 5 heteroatoms. The molecule has 0 fully saturated rings. The summed E-state index contributed by atoms with van der Waals surface area (Å²) in [6.07, 6.45) is 7.67. The second kappa shape index (κ2) is 5.45. The molecule has 0 aromatic rings. The van der Waals surface area contributed by atoms with E-state index in [1.165, 1.54) is 19.1 Å². The molecule has 1 heterocycles. The summed E-state index contributed by atoms with van der Waals surface area (Å²) in [5.74, 6) is 0.221. The van der Waals surface area contributed by atoms with Crippen LogP contribution in [0, 0.1) is 12.3 Å². The minimum atomic E-state index is -1.34. The van der Waals surface area contributed by atoms with Crippen molar-refractivity contribution in [3.05, 3.63) is 12.2 Å². The summed E-state index contributed by atoms with van der Waals surface area (Å²) < 4.78 is 15.2. The minimum Gasteiger partial charge on any atom is -0.427 e. The predicted octanol–water partition coefficient (Wildman–Crippen LogP) is 0.0511. The lowest BCUT2D eigenvalue weighted by Crippen LogP contribution is -2.44. The predicted molar refractivity (Wildman–Crippen MR) is 54.2 cm³/mol. The van der Waals surface area contributed by atoms with Gasteiger partial charge in [-0.25, -0.2) is 0 Å². The van der Waals surface area contributed by atoms with Gasteiger partial charge in [0, 0.05) is 6.92 Å². The number of hydrogen-bond acceptors (Lipinski definition) is 5. The molecule has 0 amide bonds. The summed E-state index contributed by atoms with van der Waals surface area (Å²) in [5, 5.41) is 0. The van der Waals surface area contributed by atoms with E-state index in [1.54, 1.807) is 0 Å². The normalized spacial score (nSPS) is 23.9. The number of rotatable bonds is 4. The molecule has 0 saturated carbocycles. The maximum atomic E-state index is 10.9. The van der Waals surface area contributed by atoms with Crippen LogP contribution in [-0.4, -0.2) is 37.4 Å². The first-order valence-corrected chi connectivity index (χ1v) is 4.65. The first-order chi connectivity index (χ1) is 7.58. The lowest BCUT2D eigenvalue weighted by molar-refractivity contribution is -0.226. The SMILES string of the molecule is C#CCOCC1(OC(C)=O)C=CC(=O)CO1. The third-order valence-electron chi connectivity index (χ3n) is 1.79. The van der Waals surface area contributed by atoms with E-state index >= 15 is 0 Å². The molecule has 1 aliphatic rings. The molecule has 0 N–H and O–H groups in total. The molecule has 0 spiro atoms. The van der Waals surface area contributed by atoms with Crippen LogP contribution in [0.25, 0.3) is 0 Å². The largest absolute Gasteiger partial charge is 0.427 e. The molecule has 0 aromatic carbocycles. The Hall–Kier alpha value is -1.64. The van der Waals surface area contributed by atoms with Crippen LogP contribution in [0.4, 0.5) is 0 Å². The van der Waals surface area contributed by atoms with Gasteiger partial charge in [-0.15, -0.1) is 6.42 Å². The number of terminal acetylenes is 1. The molecule has 5 nitrogen and oxygen atoms in total. The number of esters is 1. The monoisotopic (exact) mass is 224 g/mol. The lowest BCUT2D eigenvalue weighted by atomic mass is 10.2. The van der Waals surface area contributed by atoms with Crippen molar-refractivity contribution in [2.75, 3.05) is 19.8 Å². The molecule has 86 valence electrons. The third-order valence-corrected chi connectivity index (χ3v) is 1.79. The maximum absolute atomic E-state index is 10.9. The van der Waals surface area contributed by atoms with E-state index < -0.39 is 11.8 Å². The van der Waals surface area contributed by atoms with E-state index in [0.717, 1.165) is 0 Å². The molecular formula is C11H12O5. The Morgan fingerprint density at radius 1 is 1.75 bits per heavy atom. The minimum absolute atomic E-state index is 0.0411. The van der Waals surface area contributed by atoms with Crippen molar-refractivity contribution in [3.8, 4) is 12.3 Å². The molecule has 0 aliphatic carbocycles. The van der Waals surface area contributed by atoms with E-state index in [-0.39, 0.29) is 25.6 Å². The zero-order valence-corrected chi connectivity index (χ0v) is 8.89. The van der Waals surface area contributed by atoms with Gasteiger partial charge in [-0.3, -0.25) is 9.59 Å². The van der Waals surface area contributed by atoms with Crippen molar-refractivity contribution < 1.29 is 23.8 Å². The van der Waals surface area contributed by atoms with Gasteiger partial charge >= 0.3 is 5.97 Å². The summed E-state index contributed by atoms with van der Waals surface area (Å²) in [5.41, 5.74) is 0. The van der Waals surface area contributed by atoms with Crippen LogP contribution in [0.2, 0.25) is 0 Å². The Morgan fingerprint density at radius 2 is 2.50 bits per heavy atom. The molecule has 0 bridgehead atoms. The number of carbonyl (C=O) groups is 2. The second-order valence-corrected chi connectivity index (χ2v) is 3.19. The molecule has 0 radical (unpaired) electrons. The maximum Gasteiger partial charge on any atom is 0.305 e. The molecular weight excluding hydrogens is 212 g/mol. The van der Waals surface area contributed by atoms with E-state index in [1.807, 2.05) is 0 Å². The first-order valence-electron chi connectivity index (χ1n) is 4.65. The Bertz CT molecular complexity index is 352. The summed E-state index contributed by atoms with van der Waals surface area (Å²) in [4.78, 5) is 21.9. The average molecular weight is 224 g/mol. The van der Waals surface area contributed by atoms with Gasteiger partial charge in [0.2, 0.25) is 0 Å². The summed E-state index contributed by atoms with van der Waals surface area (Å²) in [7, 11) is 0. The highest BCUT2D eigenvalue weighted by atomic mass is 16.7. The van der Waals surface area contributed by atoms with Crippen LogP contribution in [0.5, 0.6) is 0 Å². The van der Waals surface area contributed by atoms with Crippen molar-refractivity contribution >= 4 is 11.8 Å². The Morgan fingerprint density at radius 3 is 3.00 bits per heavy atom. The third kappa shape index (κ3) is 3.50. The van der Waals surface area contributed by atoms with Gasteiger partial charge in [-0.1, -0.05) is 5.92 Å². The number of ether oxygens (including phenoxy) is 3. The molecule has 1 unspecified atom stereocenters. The van der Waals surface area contributed by atoms with Gasteiger partial charge in [-0.2, -0.15) is 0 Å². The fourth-order valence-electron chi connectivity index (χ4n) is 1.19. The van der Waals surface area contributed by atoms with Gasteiger partial charge in [0.15, 0.2) is 5.78 Å². The van der Waals surface area contributed by atoms with Gasteiger partial charge in [0.05, 0.1) is 0 Å². The van der Waals surface area contributed by atoms with Crippen LogP contribution in [0.15, 0.2) is 12.2 Å². The van der Waals surface area contributed by atoms with Gasteiger partial charge in [0.1, 0.15) is 19.8 Å². The van der Waals surface area contributed by atoms with E-state index in [0.29, 0.717) is 0 Å². The molecule has 1 atom stereocenters. The fraction of sp³-hybridized carbons (Fsp3) is 0.455. The van der Waals surface area contributed by atoms with Crippen LogP contribution in [0.3, 0.4) is 0 Å². The number of ketones is 1. The van der Waals surface area contributed by atoms with Crippen LogP contribution < -0.4 is 0 Å². The summed E-state index contributed by atoms with van der Waals surface area (Å²) in [6, 6.07) is 0. The highest BCUT2D eigenvalue weighted by Crippen LogP contribution is 2.20. The number of carbonyl (C=O) groups excluding carboxylic acids is 2. The van der Waals surface area contributed by atoms with Gasteiger partial charge < -0.3 is 14.2 Å². The smallest absolute Gasteiger partial charge is 0.305 e. The van der Waals surface area contributed by atoms with Gasteiger partial charge in [-0.05, 0) is 12.2 Å². The van der Waals surface area contributed by atoms with Crippen molar-refractivity contribution in [1.82, 2.24) is 0 Å². The van der Waals surface area contributed by atoms with Crippen LogP contribution in [0.1, 0.15) is 6.92 Å². The molecule has 1 rings (SSSR count). The van der Waals surface area contributed by atoms with Crippen LogP contribution in [-0.2, 0) is 23.8 Å². The molecule has 0 aromatic heterocycles. The van der Waals surface area contributed by atoms with Crippen molar-refractivity contribution in [2.24, 2.45) is 0 Å². The molecule has 0 saturated heterocycles. The Labute approximate surface area is 93.4 Å². The van der Waals surface area contributed by atoms with E-state index in [9.17, 15) is 9.59 Å². The zero-order valence-electron chi connectivity index (χ0n) is 8.89. The zero-order chi connectivity index (χ0) is 12.0. The van der Waals surface area contributed by atoms with E-state index in [4.69, 9.17) is 20.6 Å². The van der Waals surface area contributed by atoms with Crippen molar-refractivity contribution in [2.45, 2.75) is 12.7 Å². The second-order valence-electron chi connectivity index (χ2n) is 3.19. The lowest BCUT2D eigenvalue weighted by Gasteiger charge is -2.31. The highest BCUT2D eigenvalue weighted by Gasteiger charge is 2.35. The average Bonchev–Trinajstić information content (AvgIpc) is 2.22. The highest BCUT2D eigenvalue weighted by molar-refractivity contribution is 5.91. The summed E-state index contributed by atoms with van der Waals surface area (Å²) >= 11 is 0. The van der Waals surface area contributed by atoms with Crippen molar-refractivity contribution in [1.29, 1.82) is 0 Å².